The number of aromatic nitrogens is 1. The first-order chi connectivity index (χ1) is 17.0. The summed E-state index contributed by atoms with van der Waals surface area (Å²) in [5.41, 5.74) is 1.59. The van der Waals surface area contributed by atoms with Crippen LogP contribution in [0.1, 0.15) is 60.3 Å². The molecular formula is C26H27Cl2N3O3S. The van der Waals surface area contributed by atoms with Crippen molar-refractivity contribution in [3.63, 3.8) is 0 Å². The van der Waals surface area contributed by atoms with E-state index in [0.29, 0.717) is 17.9 Å². The predicted molar refractivity (Wildman–Crippen MR) is 139 cm³/mol. The summed E-state index contributed by atoms with van der Waals surface area (Å²) in [5, 5.41) is 3.27. The van der Waals surface area contributed by atoms with E-state index >= 15 is 0 Å². The topological polar surface area (TPSA) is 71.5 Å². The van der Waals surface area contributed by atoms with Gasteiger partial charge in [0.2, 0.25) is 5.91 Å². The van der Waals surface area contributed by atoms with Crippen molar-refractivity contribution in [1.82, 2.24) is 14.6 Å². The number of nitrogens with zero attached hydrogens (tertiary/aromatic N) is 2. The van der Waals surface area contributed by atoms with Crippen LogP contribution in [0.15, 0.2) is 54.6 Å². The van der Waals surface area contributed by atoms with Crippen LogP contribution in [-0.4, -0.2) is 33.7 Å². The molecule has 0 aliphatic heterocycles. The highest BCUT2D eigenvalue weighted by Crippen LogP contribution is 2.34. The van der Waals surface area contributed by atoms with Crippen molar-refractivity contribution in [2.45, 2.75) is 51.2 Å². The zero-order valence-electron chi connectivity index (χ0n) is 19.4. The maximum Gasteiger partial charge on any atom is 0.276 e. The molecule has 1 atom stereocenters. The van der Waals surface area contributed by atoms with Gasteiger partial charge in [0.15, 0.2) is 5.69 Å². The summed E-state index contributed by atoms with van der Waals surface area (Å²) in [7, 11) is 0. The molecule has 35 heavy (non-hydrogen) atoms. The third kappa shape index (κ3) is 6.15. The molecule has 9 heteroatoms. The van der Waals surface area contributed by atoms with Gasteiger partial charge in [-0.2, -0.15) is 4.37 Å². The van der Waals surface area contributed by atoms with E-state index in [1.165, 1.54) is 4.90 Å². The van der Waals surface area contributed by atoms with Crippen LogP contribution in [0.4, 0.5) is 0 Å². The lowest BCUT2D eigenvalue weighted by atomic mass is 10.0. The molecule has 1 fully saturated rings. The van der Waals surface area contributed by atoms with Gasteiger partial charge in [-0.3, -0.25) is 9.59 Å². The average molecular weight is 532 g/mol. The molecule has 2 aromatic carbocycles. The third-order valence-electron chi connectivity index (χ3n) is 6.03. The molecule has 3 aromatic rings. The monoisotopic (exact) mass is 531 g/mol. The lowest BCUT2D eigenvalue weighted by Gasteiger charge is -2.32. The fourth-order valence-corrected chi connectivity index (χ4v) is 5.31. The molecule has 1 aliphatic carbocycles. The van der Waals surface area contributed by atoms with Gasteiger partial charge in [-0.25, -0.2) is 0 Å². The Morgan fingerprint density at radius 2 is 1.80 bits per heavy atom. The highest BCUT2D eigenvalue weighted by Gasteiger charge is 2.35. The molecule has 0 bridgehead atoms. The Morgan fingerprint density at radius 1 is 1.11 bits per heavy atom. The molecule has 184 valence electrons. The van der Waals surface area contributed by atoms with Gasteiger partial charge in [0.1, 0.15) is 21.2 Å². The number of hydrogen-bond acceptors (Lipinski definition) is 5. The fourth-order valence-electron chi connectivity index (χ4n) is 4.32. The number of ether oxygens (including phenoxy) is 1. The summed E-state index contributed by atoms with van der Waals surface area (Å²) in [5.74, 6) is 0.00622. The zero-order chi connectivity index (χ0) is 24.8. The van der Waals surface area contributed by atoms with E-state index in [2.05, 4.69) is 9.69 Å². The number of benzene rings is 2. The molecule has 1 aromatic heterocycles. The largest absolute Gasteiger partial charge is 0.494 e. The first-order valence-electron chi connectivity index (χ1n) is 11.7. The van der Waals surface area contributed by atoms with E-state index in [4.69, 9.17) is 27.9 Å². The summed E-state index contributed by atoms with van der Waals surface area (Å²) in [4.78, 5) is 29.1. The number of hydrogen-bond donors (Lipinski definition) is 1. The molecule has 1 saturated carbocycles. The van der Waals surface area contributed by atoms with E-state index in [9.17, 15) is 9.59 Å². The normalized spacial score (nSPS) is 14.5. The Kier molecular flexibility index (Phi) is 8.65. The Hall–Kier alpha value is -2.61. The first kappa shape index (κ1) is 25.5. The molecule has 2 amide bonds. The van der Waals surface area contributed by atoms with Crippen molar-refractivity contribution in [2.75, 3.05) is 6.61 Å². The maximum atomic E-state index is 13.8. The first-order valence-corrected chi connectivity index (χ1v) is 13.2. The standard InChI is InChI=1S/C26H27Cl2N3O3S/c1-2-34-20-14-12-18(13-15-20)23(25(32)29-19-10-6-7-11-19)31(16-17-8-4-3-5-9-17)26(33)22-21(27)24(28)35-30-22/h3-5,8-9,12-15,19,23H,2,6-7,10-11,16H2,1H3,(H,29,32)/t23-/m1/s1. The minimum Gasteiger partial charge on any atom is -0.494 e. The maximum absolute atomic E-state index is 13.8. The molecule has 1 heterocycles. The van der Waals surface area contributed by atoms with Crippen molar-refractivity contribution in [1.29, 1.82) is 0 Å². The van der Waals surface area contributed by atoms with Gasteiger partial charge in [0, 0.05) is 12.6 Å². The Balaban J connectivity index is 1.76. The van der Waals surface area contributed by atoms with E-state index in [0.717, 1.165) is 42.8 Å². The fraction of sp³-hybridized carbons (Fsp3) is 0.346. The molecule has 0 spiro atoms. The predicted octanol–water partition coefficient (Wildman–Crippen LogP) is 6.29. The summed E-state index contributed by atoms with van der Waals surface area (Å²) < 4.78 is 10.0. The quantitative estimate of drug-likeness (QED) is 0.352. The SMILES string of the molecule is CCOc1ccc([C@H](C(=O)NC2CCCC2)N(Cc2ccccc2)C(=O)c2nsc(Cl)c2Cl)cc1. The lowest BCUT2D eigenvalue weighted by Crippen LogP contribution is -2.46. The second kappa shape index (κ2) is 11.9. The van der Waals surface area contributed by atoms with Gasteiger partial charge >= 0.3 is 0 Å². The van der Waals surface area contributed by atoms with E-state index in [-0.39, 0.29) is 33.5 Å². The van der Waals surface area contributed by atoms with Gasteiger partial charge in [0.25, 0.3) is 5.91 Å². The second-order valence-corrected chi connectivity index (χ2v) is 10.2. The number of carbonyl (C=O) groups is 2. The van der Waals surface area contributed by atoms with Crippen molar-refractivity contribution in [2.24, 2.45) is 0 Å². The van der Waals surface area contributed by atoms with Crippen molar-refractivity contribution >= 4 is 46.5 Å². The van der Waals surface area contributed by atoms with Gasteiger partial charge < -0.3 is 15.0 Å². The summed E-state index contributed by atoms with van der Waals surface area (Å²) >= 11 is 13.4. The van der Waals surface area contributed by atoms with Crippen molar-refractivity contribution in [3.05, 3.63) is 80.8 Å². The van der Waals surface area contributed by atoms with Crippen LogP contribution in [-0.2, 0) is 11.3 Å². The smallest absolute Gasteiger partial charge is 0.276 e. The molecule has 1 aliphatic rings. The molecule has 0 radical (unpaired) electrons. The molecule has 0 saturated heterocycles. The Labute approximate surface area is 219 Å². The van der Waals surface area contributed by atoms with Crippen LogP contribution in [0.3, 0.4) is 0 Å². The molecule has 0 unspecified atom stereocenters. The summed E-state index contributed by atoms with van der Waals surface area (Å²) in [6.07, 6.45) is 4.03. The van der Waals surface area contributed by atoms with Crippen molar-refractivity contribution < 1.29 is 14.3 Å². The van der Waals surface area contributed by atoms with Crippen molar-refractivity contribution in [3.8, 4) is 5.75 Å². The molecular weight excluding hydrogens is 505 g/mol. The minimum absolute atomic E-state index is 0.0437. The van der Waals surface area contributed by atoms with Crippen LogP contribution in [0.5, 0.6) is 5.75 Å². The van der Waals surface area contributed by atoms with Crippen LogP contribution < -0.4 is 10.1 Å². The minimum atomic E-state index is -0.893. The van der Waals surface area contributed by atoms with Gasteiger partial charge in [-0.15, -0.1) is 0 Å². The van der Waals surface area contributed by atoms with Gasteiger partial charge in [-0.1, -0.05) is 78.5 Å². The van der Waals surface area contributed by atoms with Gasteiger partial charge in [0.05, 0.1) is 6.61 Å². The lowest BCUT2D eigenvalue weighted by molar-refractivity contribution is -0.126. The Morgan fingerprint density at radius 3 is 2.40 bits per heavy atom. The molecule has 6 nitrogen and oxygen atoms in total. The average Bonchev–Trinajstić information content (AvgIpc) is 3.50. The molecule has 4 rings (SSSR count). The van der Waals surface area contributed by atoms with Crippen LogP contribution >= 0.6 is 34.7 Å². The highest BCUT2D eigenvalue weighted by atomic mass is 35.5. The molecule has 1 N–H and O–H groups in total. The summed E-state index contributed by atoms with van der Waals surface area (Å²) in [6.45, 7) is 2.64. The number of carbonyl (C=O) groups excluding carboxylic acids is 2. The Bertz CT molecular complexity index is 1150. The second-order valence-electron chi connectivity index (χ2n) is 8.43. The van der Waals surface area contributed by atoms with E-state index < -0.39 is 11.9 Å². The van der Waals surface area contributed by atoms with Crippen LogP contribution in [0, 0.1) is 0 Å². The number of amides is 2. The van der Waals surface area contributed by atoms with E-state index in [1.807, 2.05) is 61.5 Å². The van der Waals surface area contributed by atoms with Crippen LogP contribution in [0.25, 0.3) is 0 Å². The van der Waals surface area contributed by atoms with Crippen LogP contribution in [0.2, 0.25) is 9.36 Å². The number of rotatable bonds is 9. The number of halogens is 2. The summed E-state index contributed by atoms with van der Waals surface area (Å²) in [6, 6.07) is 16.0. The highest BCUT2D eigenvalue weighted by molar-refractivity contribution is 7.11. The van der Waals surface area contributed by atoms with Gasteiger partial charge in [-0.05, 0) is 54.6 Å². The third-order valence-corrected chi connectivity index (χ3v) is 7.64. The zero-order valence-corrected chi connectivity index (χ0v) is 21.7. The number of nitrogens with one attached hydrogen (secondary N) is 1. The van der Waals surface area contributed by atoms with E-state index in [1.54, 1.807) is 0 Å².